The van der Waals surface area contributed by atoms with Crippen molar-refractivity contribution in [2.24, 2.45) is 0 Å². The Hall–Kier alpha value is -0.780. The fraction of sp³-hybridized carbons (Fsp3) is 0.700. The predicted octanol–water partition coefficient (Wildman–Crippen LogP) is 6.95. The maximum absolute atomic E-state index is 2.37. The number of hydrogen-bond donors (Lipinski definition) is 0. The van der Waals surface area contributed by atoms with Crippen molar-refractivity contribution in [3.63, 3.8) is 0 Å². The first-order valence-electron chi connectivity index (χ1n) is 8.15. The van der Waals surface area contributed by atoms with Gasteiger partial charge in [0.05, 0.1) is 0 Å². The van der Waals surface area contributed by atoms with Crippen molar-refractivity contribution in [1.29, 1.82) is 0 Å². The highest BCUT2D eigenvalue weighted by Crippen LogP contribution is 2.32. The standard InChI is InChI=1S/C16H26.2C2H6/c1-11-9-14(16(6,7)8)12(2)10-13(11)15(3,4)5;2*1-2/h9-10H,1-8H3;2*1-2H3. The van der Waals surface area contributed by atoms with Gasteiger partial charge < -0.3 is 0 Å². The zero-order valence-corrected chi connectivity index (χ0v) is 16.2. The molecule has 0 saturated heterocycles. The highest BCUT2D eigenvalue weighted by atomic mass is 14.3. The van der Waals surface area contributed by atoms with Crippen LogP contribution in [-0.4, -0.2) is 0 Å². The summed E-state index contributed by atoms with van der Waals surface area (Å²) >= 11 is 0. The minimum atomic E-state index is 0.241. The Morgan fingerprint density at radius 2 is 0.750 bits per heavy atom. The molecule has 118 valence electrons. The molecule has 0 unspecified atom stereocenters. The third kappa shape index (κ3) is 6.11. The molecular weight excluding hydrogens is 240 g/mol. The summed E-state index contributed by atoms with van der Waals surface area (Å²) in [6, 6.07) is 4.74. The number of hydrogen-bond acceptors (Lipinski definition) is 0. The molecule has 0 radical (unpaired) electrons. The second-order valence-electron chi connectivity index (χ2n) is 6.98. The zero-order chi connectivity index (χ0) is 16.7. The third-order valence-corrected chi connectivity index (χ3v) is 3.19. The Bertz CT molecular complexity index is 344. The molecule has 0 N–H and O–H groups in total. The van der Waals surface area contributed by atoms with Crippen molar-refractivity contribution in [2.45, 2.75) is 93.9 Å². The molecule has 0 saturated carbocycles. The molecule has 0 nitrogen and oxygen atoms in total. The molecule has 0 spiro atoms. The highest BCUT2D eigenvalue weighted by Gasteiger charge is 2.21. The highest BCUT2D eigenvalue weighted by molar-refractivity contribution is 5.43. The number of benzene rings is 1. The molecule has 0 aliphatic heterocycles. The van der Waals surface area contributed by atoms with Crippen molar-refractivity contribution >= 4 is 0 Å². The molecule has 0 heteroatoms. The lowest BCUT2D eigenvalue weighted by Crippen LogP contribution is -2.18. The minimum absolute atomic E-state index is 0.241. The molecule has 0 bridgehead atoms. The Labute approximate surface area is 129 Å². The Balaban J connectivity index is 0. The summed E-state index contributed by atoms with van der Waals surface area (Å²) in [6.45, 7) is 26.2. The van der Waals surface area contributed by atoms with Crippen molar-refractivity contribution in [1.82, 2.24) is 0 Å². The van der Waals surface area contributed by atoms with E-state index >= 15 is 0 Å². The quantitative estimate of drug-likeness (QED) is 0.481. The first-order chi connectivity index (χ1) is 9.03. The van der Waals surface area contributed by atoms with Crippen LogP contribution in [0.4, 0.5) is 0 Å². The summed E-state index contributed by atoms with van der Waals surface area (Å²) in [5.41, 5.74) is 6.26. The van der Waals surface area contributed by atoms with Gasteiger partial charge in [-0.15, -0.1) is 0 Å². The van der Waals surface area contributed by atoms with Crippen LogP contribution in [0.25, 0.3) is 0 Å². The Morgan fingerprint density at radius 1 is 0.550 bits per heavy atom. The molecule has 0 aromatic heterocycles. The van der Waals surface area contributed by atoms with E-state index in [1.165, 1.54) is 22.3 Å². The molecule has 0 atom stereocenters. The van der Waals surface area contributed by atoms with Crippen molar-refractivity contribution < 1.29 is 0 Å². The van der Waals surface area contributed by atoms with Crippen molar-refractivity contribution in [3.05, 3.63) is 34.4 Å². The van der Waals surface area contributed by atoms with Gasteiger partial charge in [0.1, 0.15) is 0 Å². The fourth-order valence-corrected chi connectivity index (χ4v) is 2.43. The predicted molar refractivity (Wildman–Crippen MR) is 96.0 cm³/mol. The van der Waals surface area contributed by atoms with Crippen LogP contribution in [0.5, 0.6) is 0 Å². The number of rotatable bonds is 0. The van der Waals surface area contributed by atoms with Crippen LogP contribution in [-0.2, 0) is 10.8 Å². The van der Waals surface area contributed by atoms with Gasteiger partial charge in [0.15, 0.2) is 0 Å². The molecule has 0 aliphatic rings. The van der Waals surface area contributed by atoms with Gasteiger partial charge in [-0.3, -0.25) is 0 Å². The van der Waals surface area contributed by atoms with Crippen LogP contribution >= 0.6 is 0 Å². The summed E-state index contributed by atoms with van der Waals surface area (Å²) < 4.78 is 0. The lowest BCUT2D eigenvalue weighted by Gasteiger charge is -2.28. The van der Waals surface area contributed by atoms with Gasteiger partial charge in [0.25, 0.3) is 0 Å². The lowest BCUT2D eigenvalue weighted by molar-refractivity contribution is 0.569. The van der Waals surface area contributed by atoms with Crippen molar-refractivity contribution in [3.8, 4) is 0 Å². The normalized spacial score (nSPS) is 11.0. The van der Waals surface area contributed by atoms with Crippen LogP contribution in [0.15, 0.2) is 12.1 Å². The first kappa shape index (κ1) is 21.5. The van der Waals surface area contributed by atoms with Crippen LogP contribution in [0.1, 0.15) is 91.5 Å². The molecule has 0 heterocycles. The summed E-state index contributed by atoms with van der Waals surface area (Å²) in [5, 5.41) is 0. The van der Waals surface area contributed by atoms with Gasteiger partial charge in [-0.25, -0.2) is 0 Å². The van der Waals surface area contributed by atoms with E-state index in [0.29, 0.717) is 0 Å². The van der Waals surface area contributed by atoms with Crippen LogP contribution in [0, 0.1) is 13.8 Å². The maximum atomic E-state index is 2.37. The van der Waals surface area contributed by atoms with E-state index in [2.05, 4.69) is 67.5 Å². The SMILES string of the molecule is CC.CC.Cc1cc(C(C)(C)C)c(C)cc1C(C)(C)C. The molecule has 0 fully saturated rings. The van der Waals surface area contributed by atoms with Crippen LogP contribution in [0.3, 0.4) is 0 Å². The molecule has 0 aliphatic carbocycles. The van der Waals surface area contributed by atoms with E-state index < -0.39 is 0 Å². The van der Waals surface area contributed by atoms with E-state index in [1.54, 1.807) is 0 Å². The summed E-state index contributed by atoms with van der Waals surface area (Å²) in [5.74, 6) is 0. The van der Waals surface area contributed by atoms with Gasteiger partial charge in [0, 0.05) is 0 Å². The third-order valence-electron chi connectivity index (χ3n) is 3.19. The topological polar surface area (TPSA) is 0 Å². The first-order valence-corrected chi connectivity index (χ1v) is 8.15. The van der Waals surface area contributed by atoms with Gasteiger partial charge >= 0.3 is 0 Å². The molecule has 0 amide bonds. The second kappa shape index (κ2) is 8.49. The molecule has 1 rings (SSSR count). The van der Waals surface area contributed by atoms with Gasteiger partial charge in [-0.05, 0) is 46.9 Å². The molecular formula is C20H38. The average molecular weight is 279 g/mol. The molecule has 1 aromatic rings. The van der Waals surface area contributed by atoms with E-state index in [0.717, 1.165) is 0 Å². The van der Waals surface area contributed by atoms with Gasteiger partial charge in [-0.1, -0.05) is 81.4 Å². The monoisotopic (exact) mass is 278 g/mol. The van der Waals surface area contributed by atoms with E-state index in [4.69, 9.17) is 0 Å². The number of aryl methyl sites for hydroxylation is 2. The Kier molecular flexibility index (Phi) is 9.14. The largest absolute Gasteiger partial charge is 0.0683 e. The van der Waals surface area contributed by atoms with Crippen molar-refractivity contribution in [2.75, 3.05) is 0 Å². The molecule has 20 heavy (non-hydrogen) atoms. The van der Waals surface area contributed by atoms with Gasteiger partial charge in [-0.2, -0.15) is 0 Å². The minimum Gasteiger partial charge on any atom is -0.0683 e. The fourth-order valence-electron chi connectivity index (χ4n) is 2.43. The van der Waals surface area contributed by atoms with Gasteiger partial charge in [0.2, 0.25) is 0 Å². The van der Waals surface area contributed by atoms with E-state index in [-0.39, 0.29) is 10.8 Å². The Morgan fingerprint density at radius 3 is 0.900 bits per heavy atom. The zero-order valence-electron chi connectivity index (χ0n) is 16.2. The lowest BCUT2D eigenvalue weighted by atomic mass is 9.77. The van der Waals surface area contributed by atoms with Crippen LogP contribution < -0.4 is 0 Å². The average Bonchev–Trinajstić information content (AvgIpc) is 2.34. The molecule has 1 aromatic carbocycles. The second-order valence-corrected chi connectivity index (χ2v) is 6.98. The maximum Gasteiger partial charge on any atom is -0.0129 e. The summed E-state index contributed by atoms with van der Waals surface area (Å²) in [4.78, 5) is 0. The van der Waals surface area contributed by atoms with E-state index in [9.17, 15) is 0 Å². The summed E-state index contributed by atoms with van der Waals surface area (Å²) in [7, 11) is 0. The van der Waals surface area contributed by atoms with E-state index in [1.807, 2.05) is 27.7 Å². The van der Waals surface area contributed by atoms with Crippen LogP contribution in [0.2, 0.25) is 0 Å². The summed E-state index contributed by atoms with van der Waals surface area (Å²) in [6.07, 6.45) is 0. The smallest absolute Gasteiger partial charge is 0.0129 e.